The summed E-state index contributed by atoms with van der Waals surface area (Å²) in [5.74, 6) is -0.106. The molecule has 3 nitrogen and oxygen atoms in total. The van der Waals surface area contributed by atoms with Crippen LogP contribution in [0.15, 0.2) is 24.3 Å². The number of carbonyl (C=O) groups excluding carboxylic acids is 1. The summed E-state index contributed by atoms with van der Waals surface area (Å²) in [6, 6.07) is 8.26. The van der Waals surface area contributed by atoms with E-state index in [9.17, 15) is 4.79 Å². The Bertz CT molecular complexity index is 350. The second-order valence-corrected chi connectivity index (χ2v) is 4.07. The van der Waals surface area contributed by atoms with Crippen LogP contribution >= 0.6 is 0 Å². The van der Waals surface area contributed by atoms with Crippen molar-refractivity contribution in [2.24, 2.45) is 0 Å². The van der Waals surface area contributed by atoms with Crippen LogP contribution in [0.5, 0.6) is 0 Å². The highest BCUT2D eigenvalue weighted by Crippen LogP contribution is 2.05. The van der Waals surface area contributed by atoms with Crippen molar-refractivity contribution in [3.05, 3.63) is 35.4 Å². The molecule has 0 aliphatic heterocycles. The fourth-order valence-electron chi connectivity index (χ4n) is 1.54. The lowest BCUT2D eigenvalue weighted by atomic mass is 10.1. The van der Waals surface area contributed by atoms with E-state index in [0.29, 0.717) is 19.6 Å². The molecule has 1 N–H and O–H groups in total. The molecule has 0 spiro atoms. The topological polar surface area (TPSA) is 38.3 Å². The number of esters is 1. The van der Waals surface area contributed by atoms with Crippen molar-refractivity contribution < 1.29 is 9.53 Å². The van der Waals surface area contributed by atoms with Crippen molar-refractivity contribution in [2.75, 3.05) is 13.2 Å². The Kier molecular flexibility index (Phi) is 6.33. The monoisotopic (exact) mass is 235 g/mol. The molecule has 0 fully saturated rings. The van der Waals surface area contributed by atoms with E-state index >= 15 is 0 Å². The van der Waals surface area contributed by atoms with Gasteiger partial charge in [0.15, 0.2) is 0 Å². The molecule has 0 atom stereocenters. The van der Waals surface area contributed by atoms with Gasteiger partial charge in [-0.3, -0.25) is 4.79 Å². The third kappa shape index (κ3) is 5.50. The molecule has 0 bridgehead atoms. The minimum atomic E-state index is -0.106. The zero-order valence-corrected chi connectivity index (χ0v) is 10.7. The normalized spacial score (nSPS) is 10.2. The van der Waals surface area contributed by atoms with Crippen LogP contribution in [0.1, 0.15) is 30.9 Å². The fourth-order valence-corrected chi connectivity index (χ4v) is 1.54. The molecule has 0 heterocycles. The summed E-state index contributed by atoms with van der Waals surface area (Å²) in [5, 5.41) is 3.26. The van der Waals surface area contributed by atoms with Crippen molar-refractivity contribution in [1.29, 1.82) is 0 Å². The van der Waals surface area contributed by atoms with Crippen LogP contribution in [-0.4, -0.2) is 19.1 Å². The zero-order valence-electron chi connectivity index (χ0n) is 10.7. The highest BCUT2D eigenvalue weighted by Gasteiger charge is 2.00. The van der Waals surface area contributed by atoms with Crippen molar-refractivity contribution in [3.8, 4) is 0 Å². The predicted octanol–water partition coefficient (Wildman–Crippen LogP) is 2.43. The van der Waals surface area contributed by atoms with E-state index in [2.05, 4.69) is 24.4 Å². The lowest BCUT2D eigenvalue weighted by Gasteiger charge is -2.08. The highest BCUT2D eigenvalue weighted by molar-refractivity contribution is 5.69. The number of rotatable bonds is 7. The van der Waals surface area contributed by atoms with Gasteiger partial charge in [-0.1, -0.05) is 31.2 Å². The fraction of sp³-hybridized carbons (Fsp3) is 0.500. The summed E-state index contributed by atoms with van der Waals surface area (Å²) in [5.41, 5.74) is 2.57. The first-order chi connectivity index (χ1) is 8.24. The maximum Gasteiger partial charge on any atom is 0.305 e. The van der Waals surface area contributed by atoms with Crippen molar-refractivity contribution in [3.63, 3.8) is 0 Å². The van der Waals surface area contributed by atoms with Gasteiger partial charge in [-0.15, -0.1) is 0 Å². The van der Waals surface area contributed by atoms with Gasteiger partial charge in [0.2, 0.25) is 0 Å². The first-order valence-corrected chi connectivity index (χ1v) is 6.15. The predicted molar refractivity (Wildman–Crippen MR) is 68.8 cm³/mol. The molecule has 0 aliphatic rings. The summed E-state index contributed by atoms with van der Waals surface area (Å²) in [6.45, 7) is 6.03. The lowest BCUT2D eigenvalue weighted by molar-refractivity contribution is -0.143. The van der Waals surface area contributed by atoms with E-state index in [4.69, 9.17) is 4.74 Å². The molecule has 1 aromatic carbocycles. The molecule has 0 radical (unpaired) electrons. The summed E-state index contributed by atoms with van der Waals surface area (Å²) in [7, 11) is 0. The van der Waals surface area contributed by atoms with Crippen molar-refractivity contribution in [2.45, 2.75) is 33.2 Å². The Labute approximate surface area is 103 Å². The average Bonchev–Trinajstić information content (AvgIpc) is 2.31. The Morgan fingerprint density at radius 2 is 2.12 bits per heavy atom. The van der Waals surface area contributed by atoms with Gasteiger partial charge in [0.05, 0.1) is 0 Å². The van der Waals surface area contributed by atoms with E-state index in [1.807, 2.05) is 19.1 Å². The standard InChI is InChI=1S/C14H21NO2/c1-3-6-14(16)17-10-9-15-11-13-8-5-4-7-12(13)2/h4-5,7-8,15H,3,6,9-11H2,1-2H3. The minimum Gasteiger partial charge on any atom is -0.464 e. The van der Waals surface area contributed by atoms with Crippen LogP contribution in [0.25, 0.3) is 0 Å². The van der Waals surface area contributed by atoms with Gasteiger partial charge < -0.3 is 10.1 Å². The number of hydrogen-bond acceptors (Lipinski definition) is 3. The summed E-state index contributed by atoms with van der Waals surface area (Å²) >= 11 is 0. The van der Waals surface area contributed by atoms with Crippen molar-refractivity contribution >= 4 is 5.97 Å². The molecule has 17 heavy (non-hydrogen) atoms. The average molecular weight is 235 g/mol. The lowest BCUT2D eigenvalue weighted by Crippen LogP contribution is -2.21. The minimum absolute atomic E-state index is 0.106. The Hall–Kier alpha value is -1.35. The summed E-state index contributed by atoms with van der Waals surface area (Å²) < 4.78 is 5.05. The molecular formula is C14H21NO2. The maximum absolute atomic E-state index is 11.1. The molecule has 0 amide bonds. The van der Waals surface area contributed by atoms with Gasteiger partial charge in [-0.2, -0.15) is 0 Å². The van der Waals surface area contributed by atoms with Gasteiger partial charge in [-0.05, 0) is 24.5 Å². The van der Waals surface area contributed by atoms with Crippen LogP contribution < -0.4 is 5.32 Å². The van der Waals surface area contributed by atoms with E-state index in [-0.39, 0.29) is 5.97 Å². The summed E-state index contributed by atoms with van der Waals surface area (Å²) in [4.78, 5) is 11.1. The van der Waals surface area contributed by atoms with E-state index in [1.165, 1.54) is 11.1 Å². The van der Waals surface area contributed by atoms with E-state index in [1.54, 1.807) is 0 Å². The molecule has 1 aromatic rings. The van der Waals surface area contributed by atoms with Crippen LogP contribution in [0.2, 0.25) is 0 Å². The second-order valence-electron chi connectivity index (χ2n) is 4.07. The quantitative estimate of drug-likeness (QED) is 0.582. The van der Waals surface area contributed by atoms with Crippen LogP contribution in [0, 0.1) is 6.92 Å². The number of hydrogen-bond donors (Lipinski definition) is 1. The first kappa shape index (κ1) is 13.7. The smallest absolute Gasteiger partial charge is 0.305 e. The molecule has 0 unspecified atom stereocenters. The van der Waals surface area contributed by atoms with Crippen LogP contribution in [0.4, 0.5) is 0 Å². The second kappa shape index (κ2) is 7.85. The molecule has 0 saturated carbocycles. The van der Waals surface area contributed by atoms with Crippen LogP contribution in [0.3, 0.4) is 0 Å². The van der Waals surface area contributed by atoms with Gasteiger partial charge in [0.25, 0.3) is 0 Å². The Balaban J connectivity index is 2.13. The first-order valence-electron chi connectivity index (χ1n) is 6.15. The maximum atomic E-state index is 11.1. The highest BCUT2D eigenvalue weighted by atomic mass is 16.5. The number of carbonyl (C=O) groups is 1. The van der Waals surface area contributed by atoms with Gasteiger partial charge >= 0.3 is 5.97 Å². The molecule has 0 saturated heterocycles. The van der Waals surface area contributed by atoms with Gasteiger partial charge in [0.1, 0.15) is 6.61 Å². The molecule has 1 rings (SSSR count). The van der Waals surface area contributed by atoms with Gasteiger partial charge in [0, 0.05) is 19.5 Å². The number of aryl methyl sites for hydroxylation is 1. The third-order valence-corrected chi connectivity index (χ3v) is 2.57. The number of benzene rings is 1. The largest absolute Gasteiger partial charge is 0.464 e. The molecule has 3 heteroatoms. The number of ether oxygens (including phenoxy) is 1. The molecule has 0 aromatic heterocycles. The van der Waals surface area contributed by atoms with E-state index < -0.39 is 0 Å². The molecule has 0 aliphatic carbocycles. The molecular weight excluding hydrogens is 214 g/mol. The Morgan fingerprint density at radius 3 is 2.82 bits per heavy atom. The Morgan fingerprint density at radius 1 is 1.35 bits per heavy atom. The summed E-state index contributed by atoms with van der Waals surface area (Å²) in [6.07, 6.45) is 1.35. The SMILES string of the molecule is CCCC(=O)OCCNCc1ccccc1C. The van der Waals surface area contributed by atoms with Gasteiger partial charge in [-0.25, -0.2) is 0 Å². The van der Waals surface area contributed by atoms with Crippen LogP contribution in [-0.2, 0) is 16.1 Å². The van der Waals surface area contributed by atoms with E-state index in [0.717, 1.165) is 13.0 Å². The zero-order chi connectivity index (χ0) is 12.5. The number of nitrogens with one attached hydrogen (secondary N) is 1. The van der Waals surface area contributed by atoms with Crippen molar-refractivity contribution in [1.82, 2.24) is 5.32 Å². The third-order valence-electron chi connectivity index (χ3n) is 2.57. The molecule has 94 valence electrons.